The highest BCUT2D eigenvalue weighted by Crippen LogP contribution is 2.39. The van der Waals surface area contributed by atoms with Crippen molar-refractivity contribution >= 4 is 5.91 Å². The van der Waals surface area contributed by atoms with E-state index in [1.54, 1.807) is 12.3 Å². The molecule has 6 nitrogen and oxygen atoms in total. The molecule has 2 atom stereocenters. The normalized spacial score (nSPS) is 26.0. The number of carbonyl (C=O) groups excluding carboxylic acids is 1. The minimum absolute atomic E-state index is 0.0760. The number of benzene rings is 1. The molecule has 0 radical (unpaired) electrons. The van der Waals surface area contributed by atoms with Gasteiger partial charge in [-0.05, 0) is 37.1 Å². The van der Waals surface area contributed by atoms with Crippen LogP contribution in [0.3, 0.4) is 0 Å². The number of ether oxygens (including phenoxy) is 3. The zero-order valence-electron chi connectivity index (χ0n) is 14.3. The van der Waals surface area contributed by atoms with Gasteiger partial charge in [0.05, 0.1) is 0 Å². The summed E-state index contributed by atoms with van der Waals surface area (Å²) in [7, 11) is 0. The number of fused-ring (bicyclic) bond motifs is 3. The largest absolute Gasteiger partial charge is 0.474 e. The molecule has 2 fully saturated rings. The molecule has 0 saturated carbocycles. The average molecular weight is 352 g/mol. The Morgan fingerprint density at radius 3 is 2.65 bits per heavy atom. The Morgan fingerprint density at radius 1 is 1.08 bits per heavy atom. The van der Waals surface area contributed by atoms with E-state index in [1.165, 1.54) is 0 Å². The van der Waals surface area contributed by atoms with Crippen LogP contribution in [0, 0.1) is 0 Å². The fourth-order valence-electron chi connectivity index (χ4n) is 4.32. The van der Waals surface area contributed by atoms with Gasteiger partial charge >= 0.3 is 0 Å². The number of aromatic nitrogens is 1. The lowest BCUT2D eigenvalue weighted by Crippen LogP contribution is -2.49. The van der Waals surface area contributed by atoms with Crippen molar-refractivity contribution in [2.75, 3.05) is 6.79 Å². The first kappa shape index (κ1) is 15.5. The van der Waals surface area contributed by atoms with Crippen LogP contribution in [0.2, 0.25) is 0 Å². The Morgan fingerprint density at radius 2 is 1.88 bits per heavy atom. The van der Waals surface area contributed by atoms with Crippen LogP contribution in [0.15, 0.2) is 42.6 Å². The van der Waals surface area contributed by atoms with Gasteiger partial charge in [-0.25, -0.2) is 4.98 Å². The molecule has 0 aliphatic carbocycles. The van der Waals surface area contributed by atoms with E-state index in [0.29, 0.717) is 22.9 Å². The van der Waals surface area contributed by atoms with Crippen LogP contribution >= 0.6 is 0 Å². The molecule has 2 unspecified atom stereocenters. The van der Waals surface area contributed by atoms with Crippen LogP contribution < -0.4 is 14.2 Å². The van der Waals surface area contributed by atoms with Crippen molar-refractivity contribution < 1.29 is 19.0 Å². The van der Waals surface area contributed by atoms with E-state index in [4.69, 9.17) is 14.2 Å². The zero-order chi connectivity index (χ0) is 17.5. The van der Waals surface area contributed by atoms with E-state index in [1.807, 2.05) is 30.3 Å². The highest BCUT2D eigenvalue weighted by Gasteiger charge is 2.44. The van der Waals surface area contributed by atoms with Gasteiger partial charge in [0.25, 0.3) is 5.91 Å². The smallest absolute Gasteiger partial charge is 0.254 e. The van der Waals surface area contributed by atoms with E-state index in [9.17, 15) is 4.79 Å². The van der Waals surface area contributed by atoms with Gasteiger partial charge in [-0.3, -0.25) is 4.79 Å². The van der Waals surface area contributed by atoms with Crippen molar-refractivity contribution in [2.24, 2.45) is 0 Å². The van der Waals surface area contributed by atoms with Crippen molar-refractivity contribution in [3.8, 4) is 17.4 Å². The lowest BCUT2D eigenvalue weighted by atomic mass is 9.98. The molecule has 0 spiro atoms. The second-order valence-electron chi connectivity index (χ2n) is 7.04. The Labute approximate surface area is 151 Å². The quantitative estimate of drug-likeness (QED) is 0.850. The summed E-state index contributed by atoms with van der Waals surface area (Å²) < 4.78 is 16.8. The van der Waals surface area contributed by atoms with Gasteiger partial charge in [0.2, 0.25) is 12.7 Å². The summed E-state index contributed by atoms with van der Waals surface area (Å²) >= 11 is 0. The number of hydrogen-bond donors (Lipinski definition) is 0. The molecule has 2 saturated heterocycles. The topological polar surface area (TPSA) is 60.9 Å². The maximum atomic E-state index is 13.1. The van der Waals surface area contributed by atoms with Crippen molar-refractivity contribution in [1.29, 1.82) is 0 Å². The van der Waals surface area contributed by atoms with E-state index >= 15 is 0 Å². The number of carbonyl (C=O) groups is 1. The number of amides is 1. The molecule has 3 aliphatic heterocycles. The van der Waals surface area contributed by atoms with E-state index in [2.05, 4.69) is 9.88 Å². The Hall–Kier alpha value is -2.76. The summed E-state index contributed by atoms with van der Waals surface area (Å²) in [6.45, 7) is 0.217. The first-order valence-corrected chi connectivity index (χ1v) is 9.08. The molecule has 26 heavy (non-hydrogen) atoms. The molecule has 1 aromatic heterocycles. The van der Waals surface area contributed by atoms with Crippen molar-refractivity contribution in [2.45, 2.75) is 43.9 Å². The predicted molar refractivity (Wildman–Crippen MR) is 93.4 cm³/mol. The zero-order valence-corrected chi connectivity index (χ0v) is 14.3. The molecule has 2 bridgehead atoms. The fourth-order valence-corrected chi connectivity index (χ4v) is 4.32. The predicted octanol–water partition coefficient (Wildman–Crippen LogP) is 3.02. The van der Waals surface area contributed by atoms with Crippen molar-refractivity contribution in [1.82, 2.24) is 9.88 Å². The number of rotatable bonds is 3. The summed E-state index contributed by atoms with van der Waals surface area (Å²) in [4.78, 5) is 19.4. The average Bonchev–Trinajstić information content (AvgIpc) is 3.24. The molecule has 6 heteroatoms. The molecule has 1 amide bonds. The third-order valence-electron chi connectivity index (χ3n) is 5.47. The second kappa shape index (κ2) is 6.20. The maximum Gasteiger partial charge on any atom is 0.254 e. The summed E-state index contributed by atoms with van der Waals surface area (Å²) in [5, 5.41) is 0. The van der Waals surface area contributed by atoms with Crippen LogP contribution in [0.4, 0.5) is 0 Å². The minimum Gasteiger partial charge on any atom is -0.474 e. The van der Waals surface area contributed by atoms with E-state index < -0.39 is 0 Å². The lowest BCUT2D eigenvalue weighted by Gasteiger charge is -2.38. The third-order valence-corrected chi connectivity index (χ3v) is 5.47. The van der Waals surface area contributed by atoms with Crippen LogP contribution in [0.5, 0.6) is 17.4 Å². The summed E-state index contributed by atoms with van der Waals surface area (Å²) in [6, 6.07) is 11.6. The van der Waals surface area contributed by atoms with Crippen molar-refractivity contribution in [3.63, 3.8) is 0 Å². The molecule has 4 heterocycles. The van der Waals surface area contributed by atoms with Gasteiger partial charge in [0, 0.05) is 42.8 Å². The van der Waals surface area contributed by atoms with Crippen molar-refractivity contribution in [3.05, 3.63) is 48.2 Å². The maximum absolute atomic E-state index is 13.1. The Kier molecular flexibility index (Phi) is 3.69. The lowest BCUT2D eigenvalue weighted by molar-refractivity contribution is 0.0347. The second-order valence-corrected chi connectivity index (χ2v) is 7.04. The SMILES string of the molecule is O=C(c1ccc2c(c1)OCO2)N1C2CCC1CC(Oc1ccccn1)C2. The molecule has 1 aromatic carbocycles. The summed E-state index contributed by atoms with van der Waals surface area (Å²) in [5.74, 6) is 2.09. The van der Waals surface area contributed by atoms with Gasteiger partial charge in [0.15, 0.2) is 11.5 Å². The summed E-state index contributed by atoms with van der Waals surface area (Å²) in [6.07, 6.45) is 5.62. The fraction of sp³-hybridized carbons (Fsp3) is 0.400. The van der Waals surface area contributed by atoms with Gasteiger partial charge < -0.3 is 19.1 Å². The molecule has 0 N–H and O–H groups in total. The molecule has 2 aromatic rings. The first-order chi connectivity index (χ1) is 12.8. The van der Waals surface area contributed by atoms with Gasteiger partial charge in [-0.1, -0.05) is 6.07 Å². The Balaban J connectivity index is 1.31. The molecule has 134 valence electrons. The standard InChI is InChI=1S/C20H20N2O4/c23-20(13-4-7-17-18(9-13)25-12-24-17)22-14-5-6-15(22)11-16(10-14)26-19-3-1-2-8-21-19/h1-4,7-9,14-16H,5-6,10-12H2. The van der Waals surface area contributed by atoms with E-state index in [0.717, 1.165) is 25.7 Å². The van der Waals surface area contributed by atoms with Crippen LogP contribution in [0.1, 0.15) is 36.0 Å². The number of pyridine rings is 1. The third kappa shape index (κ3) is 2.66. The van der Waals surface area contributed by atoms with Crippen LogP contribution in [0.25, 0.3) is 0 Å². The Bertz CT molecular complexity index is 812. The molecular weight excluding hydrogens is 332 g/mol. The van der Waals surface area contributed by atoms with Gasteiger partial charge in [-0.15, -0.1) is 0 Å². The van der Waals surface area contributed by atoms with E-state index in [-0.39, 0.29) is 30.9 Å². The van der Waals surface area contributed by atoms with Gasteiger partial charge in [0.1, 0.15) is 6.10 Å². The number of piperidine rings is 1. The summed E-state index contributed by atoms with van der Waals surface area (Å²) in [5.41, 5.74) is 0.662. The number of nitrogens with zero attached hydrogens (tertiary/aromatic N) is 2. The van der Waals surface area contributed by atoms with Crippen LogP contribution in [-0.2, 0) is 0 Å². The van der Waals surface area contributed by atoms with Gasteiger partial charge in [-0.2, -0.15) is 0 Å². The highest BCUT2D eigenvalue weighted by molar-refractivity contribution is 5.95. The minimum atomic E-state index is 0.0760. The van der Waals surface area contributed by atoms with Crippen LogP contribution in [-0.4, -0.2) is 40.8 Å². The molecule has 5 rings (SSSR count). The molecular formula is C20H20N2O4. The molecule has 3 aliphatic rings. The monoisotopic (exact) mass is 352 g/mol. The first-order valence-electron chi connectivity index (χ1n) is 9.08. The number of hydrogen-bond acceptors (Lipinski definition) is 5. The highest BCUT2D eigenvalue weighted by atomic mass is 16.7.